The summed E-state index contributed by atoms with van der Waals surface area (Å²) in [7, 11) is 2.80. The monoisotopic (exact) mass is 413 g/mol. The van der Waals surface area contributed by atoms with E-state index in [0.717, 1.165) is 4.88 Å². The average molecular weight is 413 g/mol. The van der Waals surface area contributed by atoms with Crippen LogP contribution in [0.25, 0.3) is 22.2 Å². The first-order valence-corrected chi connectivity index (χ1v) is 9.27. The Morgan fingerprint density at radius 3 is 2.83 bits per heavy atom. The van der Waals surface area contributed by atoms with Gasteiger partial charge in [0.2, 0.25) is 11.7 Å². The zero-order chi connectivity index (χ0) is 20.2. The van der Waals surface area contributed by atoms with Crippen LogP contribution in [-0.2, 0) is 11.3 Å². The highest BCUT2D eigenvalue weighted by molar-refractivity contribution is 7.13. The van der Waals surface area contributed by atoms with Crippen molar-refractivity contribution >= 4 is 17.3 Å². The highest BCUT2D eigenvalue weighted by Gasteiger charge is 2.16. The minimum atomic E-state index is -0.580. The quantitative estimate of drug-likeness (QED) is 0.417. The molecule has 0 aliphatic carbocycles. The third kappa shape index (κ3) is 3.97. The van der Waals surface area contributed by atoms with E-state index in [4.69, 9.17) is 18.4 Å². The lowest BCUT2D eigenvalue weighted by molar-refractivity contribution is 0.0594. The Morgan fingerprint density at radius 1 is 1.17 bits per heavy atom. The number of aromatic nitrogens is 3. The third-order valence-corrected chi connectivity index (χ3v) is 4.74. The molecule has 148 valence electrons. The number of rotatable bonds is 7. The number of methoxy groups -OCH3 is 2. The van der Waals surface area contributed by atoms with Crippen LogP contribution < -0.4 is 9.47 Å². The number of hydrogen-bond acceptors (Lipinski definition) is 10. The SMILES string of the molecule is COC(=O)c1coc(COc2ccc(-c3noc(-c4cccs4)n3)cc2OC)n1. The molecule has 0 spiro atoms. The average Bonchev–Trinajstić information content (AvgIpc) is 3.52. The molecule has 0 unspecified atom stereocenters. The van der Waals surface area contributed by atoms with Gasteiger partial charge >= 0.3 is 5.97 Å². The number of carbonyl (C=O) groups excluding carboxylic acids is 1. The van der Waals surface area contributed by atoms with E-state index in [-0.39, 0.29) is 18.2 Å². The van der Waals surface area contributed by atoms with Crippen molar-refractivity contribution in [3.05, 3.63) is 53.6 Å². The molecule has 0 aliphatic heterocycles. The molecule has 0 atom stereocenters. The van der Waals surface area contributed by atoms with Gasteiger partial charge in [-0.05, 0) is 29.6 Å². The molecule has 4 rings (SSSR count). The number of thiophene rings is 1. The molecule has 4 aromatic rings. The van der Waals surface area contributed by atoms with Crippen LogP contribution in [0.4, 0.5) is 0 Å². The minimum absolute atomic E-state index is 0.0113. The molecule has 3 heterocycles. The number of nitrogens with zero attached hydrogens (tertiary/aromatic N) is 3. The van der Waals surface area contributed by atoms with Gasteiger partial charge < -0.3 is 23.2 Å². The molecular formula is C19H15N3O6S. The van der Waals surface area contributed by atoms with Gasteiger partial charge in [-0.15, -0.1) is 11.3 Å². The highest BCUT2D eigenvalue weighted by Crippen LogP contribution is 2.33. The summed E-state index contributed by atoms with van der Waals surface area (Å²) in [4.78, 5) is 20.7. The van der Waals surface area contributed by atoms with Crippen LogP contribution in [0.5, 0.6) is 11.5 Å². The fourth-order valence-corrected chi connectivity index (χ4v) is 3.13. The van der Waals surface area contributed by atoms with Crippen molar-refractivity contribution in [2.24, 2.45) is 0 Å². The Labute approximate surface area is 168 Å². The predicted octanol–water partition coefficient (Wildman–Crippen LogP) is 3.83. The number of esters is 1. The van der Waals surface area contributed by atoms with Crippen LogP contribution in [0.1, 0.15) is 16.4 Å². The number of benzene rings is 1. The maximum Gasteiger partial charge on any atom is 0.360 e. The van der Waals surface area contributed by atoms with Crippen LogP contribution in [0.2, 0.25) is 0 Å². The Balaban J connectivity index is 1.50. The van der Waals surface area contributed by atoms with E-state index in [1.165, 1.54) is 31.8 Å². The van der Waals surface area contributed by atoms with E-state index in [9.17, 15) is 4.79 Å². The van der Waals surface area contributed by atoms with Crippen molar-refractivity contribution < 1.29 is 27.9 Å². The van der Waals surface area contributed by atoms with Crippen molar-refractivity contribution in [3.8, 4) is 33.7 Å². The van der Waals surface area contributed by atoms with E-state index in [0.29, 0.717) is 28.8 Å². The zero-order valence-corrected chi connectivity index (χ0v) is 16.3. The summed E-state index contributed by atoms with van der Waals surface area (Å²) < 4.78 is 26.2. The second kappa shape index (κ2) is 8.15. The molecule has 0 fully saturated rings. The van der Waals surface area contributed by atoms with Gasteiger partial charge in [0, 0.05) is 5.56 Å². The van der Waals surface area contributed by atoms with Crippen LogP contribution in [0, 0.1) is 0 Å². The first-order valence-electron chi connectivity index (χ1n) is 8.39. The maximum atomic E-state index is 11.4. The number of oxazole rings is 1. The van der Waals surface area contributed by atoms with Crippen molar-refractivity contribution in [1.82, 2.24) is 15.1 Å². The van der Waals surface area contributed by atoms with Gasteiger partial charge in [0.25, 0.3) is 5.89 Å². The van der Waals surface area contributed by atoms with Gasteiger partial charge in [-0.2, -0.15) is 4.98 Å². The molecule has 0 saturated carbocycles. The third-order valence-electron chi connectivity index (χ3n) is 3.88. The maximum absolute atomic E-state index is 11.4. The summed E-state index contributed by atoms with van der Waals surface area (Å²) in [5.74, 6) is 1.49. The Morgan fingerprint density at radius 2 is 2.07 bits per heavy atom. The molecule has 1 aromatic carbocycles. The fourth-order valence-electron chi connectivity index (χ4n) is 2.48. The van der Waals surface area contributed by atoms with E-state index in [1.807, 2.05) is 17.5 Å². The molecule has 9 nitrogen and oxygen atoms in total. The van der Waals surface area contributed by atoms with Crippen molar-refractivity contribution in [3.63, 3.8) is 0 Å². The second-order valence-electron chi connectivity index (χ2n) is 5.67. The molecule has 0 N–H and O–H groups in total. The summed E-state index contributed by atoms with van der Waals surface area (Å²) in [6.45, 7) is 0.0113. The Kier molecular flexibility index (Phi) is 5.25. The lowest BCUT2D eigenvalue weighted by Crippen LogP contribution is -2.03. The zero-order valence-electron chi connectivity index (χ0n) is 15.4. The van der Waals surface area contributed by atoms with Crippen molar-refractivity contribution in [2.75, 3.05) is 14.2 Å². The summed E-state index contributed by atoms with van der Waals surface area (Å²) in [5.41, 5.74) is 0.789. The van der Waals surface area contributed by atoms with Crippen molar-refractivity contribution in [2.45, 2.75) is 6.61 Å². The number of carbonyl (C=O) groups is 1. The Hall–Kier alpha value is -3.66. The smallest absolute Gasteiger partial charge is 0.360 e. The fraction of sp³-hybridized carbons (Fsp3) is 0.158. The highest BCUT2D eigenvalue weighted by atomic mass is 32.1. The summed E-state index contributed by atoms with van der Waals surface area (Å²) in [6, 6.07) is 9.08. The second-order valence-corrected chi connectivity index (χ2v) is 6.62. The minimum Gasteiger partial charge on any atom is -0.493 e. The molecule has 0 aliphatic rings. The molecule has 3 aromatic heterocycles. The van der Waals surface area contributed by atoms with Crippen LogP contribution >= 0.6 is 11.3 Å². The van der Waals surface area contributed by atoms with Gasteiger partial charge in [-0.3, -0.25) is 0 Å². The van der Waals surface area contributed by atoms with E-state index in [1.54, 1.807) is 18.2 Å². The first kappa shape index (κ1) is 18.7. The topological polar surface area (TPSA) is 110 Å². The number of hydrogen-bond donors (Lipinski definition) is 0. The lowest BCUT2D eigenvalue weighted by atomic mass is 10.2. The van der Waals surface area contributed by atoms with Gasteiger partial charge in [0.05, 0.1) is 19.1 Å². The molecule has 0 saturated heterocycles. The van der Waals surface area contributed by atoms with Crippen LogP contribution in [0.15, 0.2) is 50.9 Å². The normalized spacial score (nSPS) is 10.7. The molecule has 29 heavy (non-hydrogen) atoms. The van der Waals surface area contributed by atoms with E-state index in [2.05, 4.69) is 19.9 Å². The predicted molar refractivity (Wildman–Crippen MR) is 102 cm³/mol. The lowest BCUT2D eigenvalue weighted by Gasteiger charge is -2.10. The van der Waals surface area contributed by atoms with Crippen LogP contribution in [-0.4, -0.2) is 35.3 Å². The van der Waals surface area contributed by atoms with Crippen molar-refractivity contribution in [1.29, 1.82) is 0 Å². The molecule has 0 amide bonds. The van der Waals surface area contributed by atoms with E-state index < -0.39 is 5.97 Å². The van der Waals surface area contributed by atoms with Gasteiger partial charge in [-0.25, -0.2) is 9.78 Å². The molecule has 0 radical (unpaired) electrons. The summed E-state index contributed by atoms with van der Waals surface area (Å²) in [5, 5.41) is 5.96. The molecule has 0 bridgehead atoms. The summed E-state index contributed by atoms with van der Waals surface area (Å²) >= 11 is 1.52. The largest absolute Gasteiger partial charge is 0.493 e. The number of ether oxygens (including phenoxy) is 3. The van der Waals surface area contributed by atoms with Crippen LogP contribution in [0.3, 0.4) is 0 Å². The van der Waals surface area contributed by atoms with Gasteiger partial charge in [-0.1, -0.05) is 11.2 Å². The molecular weight excluding hydrogens is 398 g/mol. The first-order chi connectivity index (χ1) is 14.2. The van der Waals surface area contributed by atoms with Gasteiger partial charge in [0.15, 0.2) is 23.8 Å². The summed E-state index contributed by atoms with van der Waals surface area (Å²) in [6.07, 6.45) is 1.21. The molecule has 10 heteroatoms. The Bertz CT molecular complexity index is 1120. The van der Waals surface area contributed by atoms with E-state index >= 15 is 0 Å². The van der Waals surface area contributed by atoms with Gasteiger partial charge in [0.1, 0.15) is 6.26 Å². The standard InChI is InChI=1S/C19H15N3O6S/c1-24-14-8-11(17-21-18(28-22-17)15-4-3-7-29-15)5-6-13(14)26-10-16-20-12(9-27-16)19(23)25-2/h3-9H,10H2,1-2H3.